The molecule has 1 saturated carbocycles. The van der Waals surface area contributed by atoms with Gasteiger partial charge in [-0.15, -0.1) is 0 Å². The van der Waals surface area contributed by atoms with Crippen molar-refractivity contribution in [3.8, 4) is 0 Å². The van der Waals surface area contributed by atoms with E-state index in [0.29, 0.717) is 5.92 Å². The summed E-state index contributed by atoms with van der Waals surface area (Å²) in [6.45, 7) is 7.16. The Hall–Kier alpha value is -0.0800. The number of hydrogen-bond acceptors (Lipinski definition) is 2. The first-order valence-corrected chi connectivity index (χ1v) is 5.60. The van der Waals surface area contributed by atoms with Gasteiger partial charge >= 0.3 is 0 Å². The molecule has 0 unspecified atom stereocenters. The van der Waals surface area contributed by atoms with Gasteiger partial charge in [0.2, 0.25) is 0 Å². The minimum Gasteiger partial charge on any atom is -0.380 e. The fourth-order valence-electron chi connectivity index (χ4n) is 1.78. The first-order chi connectivity index (χ1) is 6.29. The van der Waals surface area contributed by atoms with Gasteiger partial charge in [-0.1, -0.05) is 26.7 Å². The lowest BCUT2D eigenvalue weighted by Crippen LogP contribution is -2.29. The average molecular weight is 185 g/mol. The lowest BCUT2D eigenvalue weighted by Gasteiger charge is -2.12. The highest BCUT2D eigenvalue weighted by Gasteiger charge is 2.13. The van der Waals surface area contributed by atoms with Crippen LogP contribution in [0.15, 0.2) is 0 Å². The van der Waals surface area contributed by atoms with E-state index in [1.807, 2.05) is 0 Å². The van der Waals surface area contributed by atoms with Crippen molar-refractivity contribution < 1.29 is 4.74 Å². The second kappa shape index (κ2) is 6.39. The van der Waals surface area contributed by atoms with E-state index in [9.17, 15) is 0 Å². The SMILES string of the molecule is CC(C)COCCNC1CCCC1. The zero-order chi connectivity index (χ0) is 9.52. The van der Waals surface area contributed by atoms with Crippen LogP contribution < -0.4 is 5.32 Å². The van der Waals surface area contributed by atoms with Gasteiger partial charge in [0.15, 0.2) is 0 Å². The van der Waals surface area contributed by atoms with E-state index < -0.39 is 0 Å². The molecule has 0 aromatic carbocycles. The molecule has 0 saturated heterocycles. The molecule has 0 radical (unpaired) electrons. The molecule has 2 nitrogen and oxygen atoms in total. The zero-order valence-electron chi connectivity index (χ0n) is 9.01. The topological polar surface area (TPSA) is 21.3 Å². The van der Waals surface area contributed by atoms with Crippen LogP contribution in [0.2, 0.25) is 0 Å². The van der Waals surface area contributed by atoms with Gasteiger partial charge in [-0.05, 0) is 18.8 Å². The summed E-state index contributed by atoms with van der Waals surface area (Å²) in [5.74, 6) is 0.659. The molecule has 2 heteroatoms. The molecule has 1 rings (SSSR count). The maximum absolute atomic E-state index is 5.49. The van der Waals surface area contributed by atoms with E-state index in [1.54, 1.807) is 0 Å². The summed E-state index contributed by atoms with van der Waals surface area (Å²) in [7, 11) is 0. The fourth-order valence-corrected chi connectivity index (χ4v) is 1.78. The normalized spacial score (nSPS) is 18.7. The Kier molecular flexibility index (Phi) is 5.40. The van der Waals surface area contributed by atoms with Crippen molar-refractivity contribution in [2.45, 2.75) is 45.6 Å². The second-order valence-electron chi connectivity index (χ2n) is 4.40. The van der Waals surface area contributed by atoms with Crippen molar-refractivity contribution in [2.75, 3.05) is 19.8 Å². The number of ether oxygens (including phenoxy) is 1. The van der Waals surface area contributed by atoms with Crippen molar-refractivity contribution in [1.29, 1.82) is 0 Å². The van der Waals surface area contributed by atoms with E-state index in [0.717, 1.165) is 25.8 Å². The van der Waals surface area contributed by atoms with Crippen LogP contribution in [-0.2, 0) is 4.74 Å². The molecule has 0 aromatic rings. The van der Waals surface area contributed by atoms with E-state index in [4.69, 9.17) is 4.74 Å². The van der Waals surface area contributed by atoms with Crippen LogP contribution in [0, 0.1) is 5.92 Å². The molecule has 0 spiro atoms. The van der Waals surface area contributed by atoms with Crippen LogP contribution in [0.25, 0.3) is 0 Å². The predicted octanol–water partition coefficient (Wildman–Crippen LogP) is 2.19. The number of hydrogen-bond donors (Lipinski definition) is 1. The molecule has 78 valence electrons. The molecule has 1 fully saturated rings. The first kappa shape index (κ1) is 11.0. The minimum atomic E-state index is 0.659. The molecule has 0 amide bonds. The van der Waals surface area contributed by atoms with E-state index in [1.165, 1.54) is 25.7 Å². The van der Waals surface area contributed by atoms with E-state index >= 15 is 0 Å². The van der Waals surface area contributed by atoms with Gasteiger partial charge in [-0.3, -0.25) is 0 Å². The smallest absolute Gasteiger partial charge is 0.0591 e. The Balaban J connectivity index is 1.83. The third-order valence-corrected chi connectivity index (χ3v) is 2.49. The quantitative estimate of drug-likeness (QED) is 0.640. The van der Waals surface area contributed by atoms with Gasteiger partial charge in [0.1, 0.15) is 0 Å². The third-order valence-electron chi connectivity index (χ3n) is 2.49. The van der Waals surface area contributed by atoms with Gasteiger partial charge in [0.05, 0.1) is 6.61 Å². The zero-order valence-corrected chi connectivity index (χ0v) is 9.01. The molecule has 0 atom stereocenters. The Morgan fingerprint density at radius 3 is 2.62 bits per heavy atom. The largest absolute Gasteiger partial charge is 0.380 e. The van der Waals surface area contributed by atoms with Crippen LogP contribution in [0.1, 0.15) is 39.5 Å². The summed E-state index contributed by atoms with van der Waals surface area (Å²) < 4.78 is 5.49. The highest BCUT2D eigenvalue weighted by atomic mass is 16.5. The summed E-state index contributed by atoms with van der Waals surface area (Å²) in [6.07, 6.45) is 5.55. The average Bonchev–Trinajstić information content (AvgIpc) is 2.55. The van der Waals surface area contributed by atoms with E-state index in [-0.39, 0.29) is 0 Å². The molecular formula is C11H23NO. The van der Waals surface area contributed by atoms with Gasteiger partial charge in [0, 0.05) is 19.2 Å². The summed E-state index contributed by atoms with van der Waals surface area (Å²) in [4.78, 5) is 0. The van der Waals surface area contributed by atoms with Crippen LogP contribution in [0.3, 0.4) is 0 Å². The van der Waals surface area contributed by atoms with Crippen LogP contribution >= 0.6 is 0 Å². The van der Waals surface area contributed by atoms with Gasteiger partial charge in [0.25, 0.3) is 0 Å². The van der Waals surface area contributed by atoms with Crippen molar-refractivity contribution in [3.63, 3.8) is 0 Å². The minimum absolute atomic E-state index is 0.659. The number of nitrogens with one attached hydrogen (secondary N) is 1. The van der Waals surface area contributed by atoms with Crippen molar-refractivity contribution in [3.05, 3.63) is 0 Å². The third kappa shape index (κ3) is 5.27. The maximum atomic E-state index is 5.49. The molecule has 13 heavy (non-hydrogen) atoms. The van der Waals surface area contributed by atoms with Crippen molar-refractivity contribution in [2.24, 2.45) is 5.92 Å². The Morgan fingerprint density at radius 2 is 2.00 bits per heavy atom. The van der Waals surface area contributed by atoms with Gasteiger partial charge in [-0.25, -0.2) is 0 Å². The molecule has 1 aliphatic carbocycles. The monoisotopic (exact) mass is 185 g/mol. The molecule has 0 aromatic heterocycles. The van der Waals surface area contributed by atoms with Crippen LogP contribution in [0.4, 0.5) is 0 Å². The lowest BCUT2D eigenvalue weighted by atomic mass is 10.2. The lowest BCUT2D eigenvalue weighted by molar-refractivity contribution is 0.110. The summed E-state index contributed by atoms with van der Waals surface area (Å²) in [6, 6.07) is 0.780. The van der Waals surface area contributed by atoms with E-state index in [2.05, 4.69) is 19.2 Å². The highest BCUT2D eigenvalue weighted by Crippen LogP contribution is 2.17. The van der Waals surface area contributed by atoms with Gasteiger partial charge in [-0.2, -0.15) is 0 Å². The Bertz CT molecular complexity index is 119. The molecule has 0 heterocycles. The standard InChI is InChI=1S/C11H23NO/c1-10(2)9-13-8-7-12-11-5-3-4-6-11/h10-12H,3-9H2,1-2H3. The van der Waals surface area contributed by atoms with Crippen molar-refractivity contribution in [1.82, 2.24) is 5.32 Å². The fraction of sp³-hybridized carbons (Fsp3) is 1.00. The second-order valence-corrected chi connectivity index (χ2v) is 4.40. The highest BCUT2D eigenvalue weighted by molar-refractivity contribution is 4.72. The molecular weight excluding hydrogens is 162 g/mol. The van der Waals surface area contributed by atoms with Crippen LogP contribution in [0.5, 0.6) is 0 Å². The summed E-state index contributed by atoms with van der Waals surface area (Å²) in [5.41, 5.74) is 0. The molecule has 0 aliphatic heterocycles. The number of rotatable bonds is 6. The van der Waals surface area contributed by atoms with Gasteiger partial charge < -0.3 is 10.1 Å². The Morgan fingerprint density at radius 1 is 1.31 bits per heavy atom. The van der Waals surface area contributed by atoms with Crippen LogP contribution in [-0.4, -0.2) is 25.8 Å². The molecule has 1 aliphatic rings. The summed E-state index contributed by atoms with van der Waals surface area (Å²) >= 11 is 0. The predicted molar refractivity (Wildman–Crippen MR) is 55.9 cm³/mol. The maximum Gasteiger partial charge on any atom is 0.0591 e. The molecule has 0 bridgehead atoms. The summed E-state index contributed by atoms with van der Waals surface area (Å²) in [5, 5.41) is 3.53. The van der Waals surface area contributed by atoms with Crippen molar-refractivity contribution >= 4 is 0 Å². The Labute approximate surface area is 82.0 Å². The first-order valence-electron chi connectivity index (χ1n) is 5.60. The molecule has 1 N–H and O–H groups in total.